The van der Waals surface area contributed by atoms with Gasteiger partial charge < -0.3 is 5.32 Å². The molecule has 0 bridgehead atoms. The third-order valence-corrected chi connectivity index (χ3v) is 3.81. The molecular formula is C16H25N. The van der Waals surface area contributed by atoms with E-state index in [4.69, 9.17) is 0 Å². The van der Waals surface area contributed by atoms with Crippen LogP contribution in [0.25, 0.3) is 5.70 Å². The largest absolute Gasteiger partial charge is 0.388 e. The molecule has 1 aromatic rings. The van der Waals surface area contributed by atoms with E-state index in [0.717, 1.165) is 0 Å². The van der Waals surface area contributed by atoms with Crippen LogP contribution in [0.3, 0.4) is 0 Å². The minimum Gasteiger partial charge on any atom is -0.388 e. The summed E-state index contributed by atoms with van der Waals surface area (Å²) in [6, 6.07) is 8.53. The van der Waals surface area contributed by atoms with Gasteiger partial charge in [-0.2, -0.15) is 0 Å². The van der Waals surface area contributed by atoms with Gasteiger partial charge in [0.05, 0.1) is 0 Å². The van der Waals surface area contributed by atoms with Crippen molar-refractivity contribution in [1.29, 1.82) is 0 Å². The maximum Gasteiger partial charge on any atom is 0.0378 e. The van der Waals surface area contributed by atoms with Gasteiger partial charge in [-0.15, -0.1) is 0 Å². The summed E-state index contributed by atoms with van der Waals surface area (Å²) in [4.78, 5) is 0. The smallest absolute Gasteiger partial charge is 0.0378 e. The van der Waals surface area contributed by atoms with Crippen LogP contribution in [0.1, 0.15) is 44.7 Å². The van der Waals surface area contributed by atoms with Gasteiger partial charge in [0, 0.05) is 18.3 Å². The zero-order valence-electron chi connectivity index (χ0n) is 11.8. The molecule has 1 rings (SSSR count). The quantitative estimate of drug-likeness (QED) is 0.793. The van der Waals surface area contributed by atoms with Gasteiger partial charge in [-0.25, -0.2) is 0 Å². The molecule has 1 nitrogen and oxygen atoms in total. The molecule has 0 aromatic heterocycles. The predicted molar refractivity (Wildman–Crippen MR) is 76.9 cm³/mol. The fourth-order valence-corrected chi connectivity index (χ4v) is 1.96. The molecule has 0 aliphatic heterocycles. The van der Waals surface area contributed by atoms with E-state index in [9.17, 15) is 0 Å². The average Bonchev–Trinajstić information content (AvgIpc) is 2.37. The summed E-state index contributed by atoms with van der Waals surface area (Å²) in [6.45, 7) is 8.99. The van der Waals surface area contributed by atoms with Crippen molar-refractivity contribution in [1.82, 2.24) is 5.32 Å². The molecule has 94 valence electrons. The molecule has 17 heavy (non-hydrogen) atoms. The van der Waals surface area contributed by atoms with E-state index in [2.05, 4.69) is 63.4 Å². The Balaban J connectivity index is 3.16. The zero-order valence-corrected chi connectivity index (χ0v) is 11.8. The Kier molecular flexibility index (Phi) is 4.80. The van der Waals surface area contributed by atoms with Crippen LogP contribution in [0.15, 0.2) is 30.3 Å². The van der Waals surface area contributed by atoms with E-state index in [0.29, 0.717) is 0 Å². The Morgan fingerprint density at radius 1 is 1.24 bits per heavy atom. The molecule has 1 heteroatoms. The molecule has 0 saturated heterocycles. The number of rotatable bonds is 5. The molecule has 0 saturated carbocycles. The van der Waals surface area contributed by atoms with Crippen LogP contribution in [0.2, 0.25) is 0 Å². The first-order valence-electron chi connectivity index (χ1n) is 6.53. The van der Waals surface area contributed by atoms with Gasteiger partial charge in [0.2, 0.25) is 0 Å². The second-order valence-electron chi connectivity index (χ2n) is 4.98. The number of hydrogen-bond donors (Lipinski definition) is 1. The fraction of sp³-hybridized carbons (Fsp3) is 0.500. The highest BCUT2D eigenvalue weighted by molar-refractivity contribution is 5.67. The summed E-state index contributed by atoms with van der Waals surface area (Å²) in [7, 11) is 2.00. The Morgan fingerprint density at radius 3 is 2.29 bits per heavy atom. The number of aryl methyl sites for hydroxylation is 1. The molecule has 0 radical (unpaired) electrons. The predicted octanol–water partition coefficient (Wildman–Crippen LogP) is 4.38. The first kappa shape index (κ1) is 13.8. The maximum absolute atomic E-state index is 3.34. The average molecular weight is 231 g/mol. The van der Waals surface area contributed by atoms with Crippen molar-refractivity contribution in [2.24, 2.45) is 5.41 Å². The SMILES string of the molecule is CCC(C)(/C=C(\NC)c1ccccc1C)CC. The lowest BCUT2D eigenvalue weighted by atomic mass is 9.83. The minimum absolute atomic E-state index is 0.278. The highest BCUT2D eigenvalue weighted by Gasteiger charge is 2.18. The van der Waals surface area contributed by atoms with Gasteiger partial charge in [-0.1, -0.05) is 51.1 Å². The lowest BCUT2D eigenvalue weighted by Gasteiger charge is -2.24. The topological polar surface area (TPSA) is 12.0 Å². The summed E-state index contributed by atoms with van der Waals surface area (Å²) < 4.78 is 0. The molecule has 0 amide bonds. The Labute approximate surface area is 106 Å². The molecule has 1 N–H and O–H groups in total. The van der Waals surface area contributed by atoms with Crippen LogP contribution in [0.5, 0.6) is 0 Å². The van der Waals surface area contributed by atoms with Crippen molar-refractivity contribution in [3.63, 3.8) is 0 Å². The second-order valence-corrected chi connectivity index (χ2v) is 4.98. The second kappa shape index (κ2) is 5.90. The van der Waals surface area contributed by atoms with Crippen LogP contribution < -0.4 is 5.32 Å². The summed E-state index contributed by atoms with van der Waals surface area (Å²) in [5.74, 6) is 0. The number of benzene rings is 1. The van der Waals surface area contributed by atoms with E-state index < -0.39 is 0 Å². The summed E-state index contributed by atoms with van der Waals surface area (Å²) >= 11 is 0. The monoisotopic (exact) mass is 231 g/mol. The molecule has 0 spiro atoms. The van der Waals surface area contributed by atoms with E-state index in [1.807, 2.05) is 7.05 Å². The highest BCUT2D eigenvalue weighted by atomic mass is 14.8. The molecule has 0 heterocycles. The maximum atomic E-state index is 3.34. The molecule has 0 aliphatic rings. The van der Waals surface area contributed by atoms with E-state index >= 15 is 0 Å². The highest BCUT2D eigenvalue weighted by Crippen LogP contribution is 2.30. The van der Waals surface area contributed by atoms with Crippen molar-refractivity contribution in [2.45, 2.75) is 40.5 Å². The van der Waals surface area contributed by atoms with Crippen molar-refractivity contribution >= 4 is 5.70 Å². The van der Waals surface area contributed by atoms with Gasteiger partial charge in [0.1, 0.15) is 0 Å². The first-order valence-corrected chi connectivity index (χ1v) is 6.53. The van der Waals surface area contributed by atoms with Gasteiger partial charge in [-0.05, 0) is 30.7 Å². The van der Waals surface area contributed by atoms with Crippen molar-refractivity contribution in [3.05, 3.63) is 41.5 Å². The fourth-order valence-electron chi connectivity index (χ4n) is 1.96. The zero-order chi connectivity index (χ0) is 12.9. The van der Waals surface area contributed by atoms with Crippen LogP contribution in [-0.4, -0.2) is 7.05 Å². The van der Waals surface area contributed by atoms with E-state index in [1.165, 1.54) is 29.7 Å². The van der Waals surface area contributed by atoms with Crippen molar-refractivity contribution < 1.29 is 0 Å². The first-order chi connectivity index (χ1) is 8.06. The van der Waals surface area contributed by atoms with Crippen molar-refractivity contribution in [3.8, 4) is 0 Å². The lowest BCUT2D eigenvalue weighted by molar-refractivity contribution is 0.396. The van der Waals surface area contributed by atoms with Crippen molar-refractivity contribution in [2.75, 3.05) is 7.05 Å². The number of nitrogens with one attached hydrogen (secondary N) is 1. The van der Waals surface area contributed by atoms with E-state index in [-0.39, 0.29) is 5.41 Å². The minimum atomic E-state index is 0.278. The summed E-state index contributed by atoms with van der Waals surface area (Å²) in [5, 5.41) is 3.34. The van der Waals surface area contributed by atoms with Gasteiger partial charge in [0.25, 0.3) is 0 Å². The Hall–Kier alpha value is -1.24. The van der Waals surface area contributed by atoms with E-state index in [1.54, 1.807) is 0 Å². The standard InChI is InChI=1S/C16H25N/c1-6-16(4,7-2)12-15(17-5)14-11-9-8-10-13(14)3/h8-12,17H,6-7H2,1-5H3/b15-12-. The Morgan fingerprint density at radius 2 is 1.82 bits per heavy atom. The molecule has 1 aromatic carbocycles. The molecule has 0 atom stereocenters. The van der Waals surface area contributed by atoms with Crippen LogP contribution in [0, 0.1) is 12.3 Å². The summed E-state index contributed by atoms with van der Waals surface area (Å²) in [5.41, 5.74) is 4.15. The van der Waals surface area contributed by atoms with Gasteiger partial charge in [-0.3, -0.25) is 0 Å². The molecule has 0 unspecified atom stereocenters. The Bertz CT molecular complexity index is 386. The van der Waals surface area contributed by atoms with Crippen LogP contribution in [0.4, 0.5) is 0 Å². The normalized spacial score (nSPS) is 12.6. The van der Waals surface area contributed by atoms with Crippen LogP contribution in [-0.2, 0) is 0 Å². The number of hydrogen-bond acceptors (Lipinski definition) is 1. The van der Waals surface area contributed by atoms with Gasteiger partial charge in [0.15, 0.2) is 0 Å². The summed E-state index contributed by atoms with van der Waals surface area (Å²) in [6.07, 6.45) is 4.72. The molecule has 0 aliphatic carbocycles. The third-order valence-electron chi connectivity index (χ3n) is 3.81. The number of allylic oxidation sites excluding steroid dienone is 1. The van der Waals surface area contributed by atoms with Crippen LogP contribution >= 0.6 is 0 Å². The molecular weight excluding hydrogens is 206 g/mol. The van der Waals surface area contributed by atoms with Gasteiger partial charge >= 0.3 is 0 Å². The third kappa shape index (κ3) is 3.36. The lowest BCUT2D eigenvalue weighted by Crippen LogP contribution is -2.15. The molecule has 0 fully saturated rings.